The summed E-state index contributed by atoms with van der Waals surface area (Å²) in [5.41, 5.74) is -0.749. The van der Waals surface area contributed by atoms with Crippen molar-refractivity contribution in [3.8, 4) is 0 Å². The molecule has 4 rings (SSSR count). The van der Waals surface area contributed by atoms with Crippen molar-refractivity contribution in [1.29, 1.82) is 0 Å². The van der Waals surface area contributed by atoms with Crippen LogP contribution in [-0.4, -0.2) is 32.0 Å². The van der Waals surface area contributed by atoms with Gasteiger partial charge in [0.15, 0.2) is 0 Å². The van der Waals surface area contributed by atoms with E-state index in [-0.39, 0.29) is 49.3 Å². The number of hydrogen-bond donors (Lipinski definition) is 1. The fraction of sp³-hybridized carbons (Fsp3) is 0.909. The molecule has 0 saturated carbocycles. The van der Waals surface area contributed by atoms with E-state index in [9.17, 15) is 10.4 Å². The van der Waals surface area contributed by atoms with Crippen LogP contribution in [0.2, 0.25) is 0 Å². The maximum absolute atomic E-state index is 12.1. The average Bonchev–Trinajstić information content (AvgIpc) is 2.07. The summed E-state index contributed by atoms with van der Waals surface area (Å²) in [5, 5.41) is 25.1. The van der Waals surface area contributed by atoms with Gasteiger partial charge in [-0.2, -0.15) is 10.3 Å². The topological polar surface area (TPSA) is 46.6 Å². The van der Waals surface area contributed by atoms with Gasteiger partial charge in [0.2, 0.25) is 0 Å². The van der Waals surface area contributed by atoms with Crippen LogP contribution in [0.4, 0.5) is 0 Å². The van der Waals surface area contributed by atoms with E-state index in [0.717, 1.165) is 31.7 Å². The Hall–Kier alpha value is 0.944. The van der Waals surface area contributed by atoms with Gasteiger partial charge >= 0.3 is 0 Å². The van der Waals surface area contributed by atoms with Crippen molar-refractivity contribution in [1.82, 2.24) is 10.1 Å². The first-order chi connectivity index (χ1) is 6.79. The summed E-state index contributed by atoms with van der Waals surface area (Å²) in [6.07, 6.45) is 2.97. The molecule has 1 N–H and O–H groups in total. The second-order valence-electron chi connectivity index (χ2n) is 6.37. The van der Waals surface area contributed by atoms with Gasteiger partial charge in [-0.3, -0.25) is 5.06 Å². The molecule has 5 heteroatoms. The van der Waals surface area contributed by atoms with Crippen LogP contribution in [0.15, 0.2) is 0 Å². The first-order valence-electron chi connectivity index (χ1n) is 5.61. The molecule has 0 spiro atoms. The SMILES string of the molecule is CC12CC3(C)C[C-](CC(C)(C1)N3O)N2[O].[Y]. The summed E-state index contributed by atoms with van der Waals surface area (Å²) in [5.74, 6) is 0. The summed E-state index contributed by atoms with van der Waals surface area (Å²) in [4.78, 5) is 0. The minimum Gasteiger partial charge on any atom is -0.313 e. The minimum absolute atomic E-state index is 0. The zero-order chi connectivity index (χ0) is 11.1. The Morgan fingerprint density at radius 3 is 1.88 bits per heavy atom. The fourth-order valence-electron chi connectivity index (χ4n) is 4.39. The molecule has 4 bridgehead atoms. The Balaban J connectivity index is 0.000000963. The van der Waals surface area contributed by atoms with Gasteiger partial charge in [-0.25, -0.2) is 6.04 Å². The molecule has 16 heavy (non-hydrogen) atoms. The van der Waals surface area contributed by atoms with Gasteiger partial charge in [0.05, 0.1) is 0 Å². The van der Waals surface area contributed by atoms with Gasteiger partial charge in [0.25, 0.3) is 0 Å². The largest absolute Gasteiger partial charge is 0.313 e. The molecule has 0 aromatic carbocycles. The average molecular weight is 299 g/mol. The zero-order valence-corrected chi connectivity index (χ0v) is 13.0. The Bertz CT molecular complexity index is 301. The third kappa shape index (κ3) is 1.44. The molecule has 4 aliphatic rings. The molecule has 4 fully saturated rings. The van der Waals surface area contributed by atoms with Crippen LogP contribution < -0.4 is 0 Å². The van der Waals surface area contributed by atoms with Gasteiger partial charge in [0, 0.05) is 49.3 Å². The van der Waals surface area contributed by atoms with Crippen molar-refractivity contribution in [2.45, 2.75) is 63.1 Å². The number of nitrogens with zero attached hydrogens (tertiary/aromatic N) is 2. The minimum atomic E-state index is -0.297. The van der Waals surface area contributed by atoms with Crippen LogP contribution in [0.5, 0.6) is 0 Å². The fourth-order valence-corrected chi connectivity index (χ4v) is 4.39. The Morgan fingerprint density at radius 2 is 1.50 bits per heavy atom. The predicted octanol–water partition coefficient (Wildman–Crippen LogP) is 1.73. The third-order valence-corrected chi connectivity index (χ3v) is 4.49. The maximum atomic E-state index is 12.1. The number of piperidine rings is 4. The maximum Gasteiger partial charge on any atom is 0.0200 e. The predicted molar refractivity (Wildman–Crippen MR) is 53.1 cm³/mol. The molecule has 0 aliphatic carbocycles. The van der Waals surface area contributed by atoms with Gasteiger partial charge in [-0.15, -0.1) is 12.8 Å². The van der Waals surface area contributed by atoms with E-state index in [0.29, 0.717) is 0 Å². The molecule has 2 radical (unpaired) electrons. The number of hydrogen-bond acceptors (Lipinski definition) is 3. The van der Waals surface area contributed by atoms with E-state index in [4.69, 9.17) is 0 Å². The van der Waals surface area contributed by atoms with Crippen molar-refractivity contribution < 1.29 is 43.1 Å². The molecule has 4 aliphatic heterocycles. The molecule has 88 valence electrons. The van der Waals surface area contributed by atoms with E-state index >= 15 is 0 Å². The first kappa shape index (κ1) is 13.4. The summed E-state index contributed by atoms with van der Waals surface area (Å²) in [6, 6.07) is 0.977. The third-order valence-electron chi connectivity index (χ3n) is 4.49. The molecule has 4 heterocycles. The second-order valence-corrected chi connectivity index (χ2v) is 6.37. The van der Waals surface area contributed by atoms with Crippen LogP contribution in [0.25, 0.3) is 0 Å². The Morgan fingerprint density at radius 1 is 1.06 bits per heavy atom. The quantitative estimate of drug-likeness (QED) is 0.693. The van der Waals surface area contributed by atoms with E-state index in [1.807, 2.05) is 6.92 Å². The summed E-state index contributed by atoms with van der Waals surface area (Å²) in [7, 11) is 0. The Kier molecular flexibility index (Phi) is 2.92. The summed E-state index contributed by atoms with van der Waals surface area (Å²) in [6.45, 7) is 6.16. The van der Waals surface area contributed by atoms with Crippen molar-refractivity contribution in [3.05, 3.63) is 6.04 Å². The van der Waals surface area contributed by atoms with Crippen molar-refractivity contribution in [2.24, 2.45) is 0 Å². The standard InChI is InChI=1S/C11H18N2O2.Y/c1-9-4-8-5-10(2,13(9)15)7-11(3,6-9)12(8)14;/h15H,4-7H2,1-3H3;/q-1;. The van der Waals surface area contributed by atoms with E-state index in [2.05, 4.69) is 13.8 Å². The molecular weight excluding hydrogens is 281 g/mol. The van der Waals surface area contributed by atoms with Crippen LogP contribution in [0, 0.1) is 6.04 Å². The Labute approximate surface area is 122 Å². The van der Waals surface area contributed by atoms with Crippen LogP contribution in [0.1, 0.15) is 46.5 Å². The van der Waals surface area contributed by atoms with Gasteiger partial charge < -0.3 is 5.21 Å². The second kappa shape index (κ2) is 3.49. The van der Waals surface area contributed by atoms with E-state index in [1.54, 1.807) is 0 Å². The van der Waals surface area contributed by atoms with Crippen molar-refractivity contribution >= 4 is 0 Å². The van der Waals surface area contributed by atoms with Crippen molar-refractivity contribution in [3.63, 3.8) is 0 Å². The summed E-state index contributed by atoms with van der Waals surface area (Å²) >= 11 is 0. The van der Waals surface area contributed by atoms with Crippen molar-refractivity contribution in [2.75, 3.05) is 0 Å². The van der Waals surface area contributed by atoms with Crippen LogP contribution in [-0.2, 0) is 37.9 Å². The summed E-state index contributed by atoms with van der Waals surface area (Å²) < 4.78 is 0. The molecule has 4 saturated heterocycles. The van der Waals surface area contributed by atoms with Gasteiger partial charge in [0.1, 0.15) is 0 Å². The molecule has 2 unspecified atom stereocenters. The molecular formula is C11H18N2O2Y-. The number of hydroxylamine groups is 4. The molecule has 0 amide bonds. The van der Waals surface area contributed by atoms with E-state index < -0.39 is 0 Å². The van der Waals surface area contributed by atoms with Gasteiger partial charge in [-0.1, -0.05) is 0 Å². The smallest absolute Gasteiger partial charge is 0.0200 e. The van der Waals surface area contributed by atoms with Gasteiger partial charge in [-0.05, 0) is 33.6 Å². The molecule has 0 aromatic heterocycles. The van der Waals surface area contributed by atoms with E-state index in [1.165, 1.54) is 10.1 Å². The molecule has 0 aromatic rings. The monoisotopic (exact) mass is 299 g/mol. The first-order valence-corrected chi connectivity index (χ1v) is 5.61. The molecule has 2 atom stereocenters. The van der Waals surface area contributed by atoms with Crippen LogP contribution >= 0.6 is 0 Å². The zero-order valence-electron chi connectivity index (χ0n) is 10.2. The van der Waals surface area contributed by atoms with Crippen LogP contribution in [0.3, 0.4) is 0 Å². The number of rotatable bonds is 0. The molecule has 4 nitrogen and oxygen atoms in total. The normalized spacial score (nSPS) is 53.1.